The molecule has 11 nitrogen and oxygen atoms in total. The predicted molar refractivity (Wildman–Crippen MR) is 123 cm³/mol. The second kappa shape index (κ2) is 10.7. The molecule has 3 rings (SSSR count). The average molecular weight is 494 g/mol. The van der Waals surface area contributed by atoms with Crippen LogP contribution in [0.1, 0.15) is 65.7 Å². The zero-order valence-corrected chi connectivity index (χ0v) is 20.5. The predicted octanol–water partition coefficient (Wildman–Crippen LogP) is 1.50. The smallest absolute Gasteiger partial charge is 0.408 e. The Bertz CT molecular complexity index is 882. The summed E-state index contributed by atoms with van der Waals surface area (Å²) >= 11 is 0. The van der Waals surface area contributed by atoms with Crippen molar-refractivity contribution in [2.75, 3.05) is 6.54 Å². The van der Waals surface area contributed by atoms with Gasteiger partial charge >= 0.3 is 12.1 Å². The first-order valence-corrected chi connectivity index (χ1v) is 12.1. The van der Waals surface area contributed by atoms with E-state index in [1.165, 1.54) is 4.90 Å². The normalized spacial score (nSPS) is 32.6. The van der Waals surface area contributed by atoms with Gasteiger partial charge in [-0.1, -0.05) is 25.0 Å². The largest absolute Gasteiger partial charge is 0.479 e. The zero-order chi connectivity index (χ0) is 25.8. The Kier molecular flexibility index (Phi) is 8.07. The molecule has 0 aromatic carbocycles. The minimum absolute atomic E-state index is 0.0334. The molecule has 0 unspecified atom stereocenters. The lowest BCUT2D eigenvalue weighted by Crippen LogP contribution is -2.56. The number of nitrogens with zero attached hydrogens (tertiary/aromatic N) is 1. The molecule has 1 aliphatic carbocycles. The van der Waals surface area contributed by atoms with Crippen molar-refractivity contribution in [3.8, 4) is 0 Å². The third-order valence-corrected chi connectivity index (χ3v) is 6.56. The van der Waals surface area contributed by atoms with Gasteiger partial charge in [0.25, 0.3) is 6.47 Å². The van der Waals surface area contributed by atoms with Gasteiger partial charge in [-0.2, -0.15) is 0 Å². The van der Waals surface area contributed by atoms with Gasteiger partial charge in [-0.3, -0.25) is 14.4 Å². The first-order chi connectivity index (χ1) is 16.5. The fraction of sp³-hybridized carbons (Fsp3) is 0.708. The fourth-order valence-electron chi connectivity index (χ4n) is 4.69. The van der Waals surface area contributed by atoms with Gasteiger partial charge in [-0.25, -0.2) is 9.59 Å². The molecule has 11 heteroatoms. The third kappa shape index (κ3) is 6.52. The fourth-order valence-corrected chi connectivity index (χ4v) is 4.69. The first-order valence-electron chi connectivity index (χ1n) is 12.1. The number of amides is 3. The van der Waals surface area contributed by atoms with E-state index in [0.717, 1.165) is 19.3 Å². The molecular weight excluding hydrogens is 458 g/mol. The van der Waals surface area contributed by atoms with Gasteiger partial charge in [-0.05, 0) is 46.5 Å². The van der Waals surface area contributed by atoms with Crippen molar-refractivity contribution in [3.63, 3.8) is 0 Å². The maximum atomic E-state index is 13.6. The summed E-state index contributed by atoms with van der Waals surface area (Å²) in [4.78, 5) is 63.5. The van der Waals surface area contributed by atoms with Gasteiger partial charge in [0.2, 0.25) is 11.8 Å². The summed E-state index contributed by atoms with van der Waals surface area (Å²) in [6.07, 6.45) is 5.98. The molecule has 1 saturated heterocycles. The van der Waals surface area contributed by atoms with Crippen LogP contribution in [0.3, 0.4) is 0 Å². The molecule has 1 saturated carbocycles. The lowest BCUT2D eigenvalue weighted by molar-refractivity contribution is -0.145. The van der Waals surface area contributed by atoms with Crippen LogP contribution in [0.25, 0.3) is 0 Å². The number of carbonyl (C=O) groups excluding carboxylic acids is 4. The van der Waals surface area contributed by atoms with Gasteiger partial charge in [0, 0.05) is 12.3 Å². The Morgan fingerprint density at radius 2 is 2.00 bits per heavy atom. The van der Waals surface area contributed by atoms with Crippen LogP contribution in [0.4, 0.5) is 4.79 Å². The van der Waals surface area contributed by atoms with Crippen LogP contribution >= 0.6 is 0 Å². The molecule has 3 aliphatic rings. The van der Waals surface area contributed by atoms with E-state index < -0.39 is 53.2 Å². The molecule has 3 amide bonds. The van der Waals surface area contributed by atoms with E-state index in [-0.39, 0.29) is 31.8 Å². The minimum Gasteiger partial charge on any atom is -0.479 e. The molecule has 2 heterocycles. The Labute approximate surface area is 204 Å². The van der Waals surface area contributed by atoms with Crippen molar-refractivity contribution >= 4 is 30.3 Å². The van der Waals surface area contributed by atoms with E-state index in [2.05, 4.69) is 10.6 Å². The summed E-state index contributed by atoms with van der Waals surface area (Å²) in [6, 6.07) is -1.99. The summed E-state index contributed by atoms with van der Waals surface area (Å²) in [6.45, 7) is 5.36. The van der Waals surface area contributed by atoms with E-state index in [1.54, 1.807) is 20.8 Å². The highest BCUT2D eigenvalue weighted by Crippen LogP contribution is 2.45. The molecule has 0 aromatic heterocycles. The third-order valence-electron chi connectivity index (χ3n) is 6.56. The first kappa shape index (κ1) is 26.5. The van der Waals surface area contributed by atoms with Crippen LogP contribution in [-0.2, 0) is 28.7 Å². The minimum atomic E-state index is -1.42. The lowest BCUT2D eigenvalue weighted by atomic mass is 10.0. The molecule has 0 aromatic rings. The molecule has 0 bridgehead atoms. The Balaban J connectivity index is 1.87. The number of nitrogens with one attached hydrogen (secondary N) is 2. The van der Waals surface area contributed by atoms with Gasteiger partial charge in [0.15, 0.2) is 0 Å². The summed E-state index contributed by atoms with van der Waals surface area (Å²) < 4.78 is 10.4. The molecule has 2 fully saturated rings. The summed E-state index contributed by atoms with van der Waals surface area (Å²) in [5.41, 5.74) is -2.18. The molecule has 35 heavy (non-hydrogen) atoms. The maximum Gasteiger partial charge on any atom is 0.408 e. The van der Waals surface area contributed by atoms with Crippen LogP contribution < -0.4 is 10.6 Å². The number of carboxylic acids is 1. The Morgan fingerprint density at radius 3 is 2.66 bits per heavy atom. The van der Waals surface area contributed by atoms with E-state index in [0.29, 0.717) is 12.8 Å². The number of alkyl carbamates (subject to hydrolysis) is 1. The van der Waals surface area contributed by atoms with Crippen molar-refractivity contribution in [2.24, 2.45) is 5.92 Å². The molecule has 2 aliphatic heterocycles. The lowest BCUT2D eigenvalue weighted by Gasteiger charge is -2.30. The van der Waals surface area contributed by atoms with Gasteiger partial charge in [0.1, 0.15) is 29.3 Å². The van der Waals surface area contributed by atoms with E-state index in [1.807, 2.05) is 12.2 Å². The molecule has 0 spiro atoms. The maximum absolute atomic E-state index is 13.6. The number of fused-ring (bicyclic) bond motifs is 2. The topological polar surface area (TPSA) is 151 Å². The van der Waals surface area contributed by atoms with E-state index in [4.69, 9.17) is 9.47 Å². The van der Waals surface area contributed by atoms with Gasteiger partial charge in [0.05, 0.1) is 6.54 Å². The molecule has 0 radical (unpaired) electrons. The highest BCUT2D eigenvalue weighted by Gasteiger charge is 2.61. The number of ether oxygens (including phenoxy) is 2. The molecule has 194 valence electrons. The summed E-state index contributed by atoms with van der Waals surface area (Å²) in [5.74, 6) is -2.59. The monoisotopic (exact) mass is 493 g/mol. The van der Waals surface area contributed by atoms with Crippen molar-refractivity contribution in [3.05, 3.63) is 12.2 Å². The quantitative estimate of drug-likeness (QED) is 0.394. The highest BCUT2D eigenvalue weighted by molar-refractivity contribution is 5.96. The van der Waals surface area contributed by atoms with E-state index >= 15 is 0 Å². The average Bonchev–Trinajstić information content (AvgIpc) is 3.28. The van der Waals surface area contributed by atoms with E-state index in [9.17, 15) is 29.1 Å². The Hall–Kier alpha value is -3.11. The standard InChI is InChI=1S/C24H35N3O8/c1-23(2,3)35-22(33)25-17-10-8-6-4-5-7-9-15-12-24(15,21(31)32)26-19(29)18-11-16(34-14-28)13-27(18)20(17)30/h7,9,14-18H,4-6,8,10-13H2,1-3H3,(H,25,33)(H,26,29)(H,31,32)/b9-7-/t15-,16-,17+,18+,24-/m1/s1. The molecule has 3 N–H and O–H groups in total. The second-order valence-electron chi connectivity index (χ2n) is 10.4. The summed E-state index contributed by atoms with van der Waals surface area (Å²) in [5, 5.41) is 15.1. The molecule has 5 atom stereocenters. The van der Waals surface area contributed by atoms with Crippen molar-refractivity contribution in [1.82, 2.24) is 15.5 Å². The Morgan fingerprint density at radius 1 is 1.26 bits per heavy atom. The number of carbonyl (C=O) groups is 5. The SMILES string of the molecule is CC(C)(C)OC(=O)N[C@H]1CCCCC/C=C\[C@@H]2C[C@@]2(C(=O)O)NC(=O)[C@@H]2C[C@@H](OC=O)CN2C1=O. The van der Waals surface area contributed by atoms with Crippen LogP contribution in [0, 0.1) is 5.92 Å². The van der Waals surface area contributed by atoms with Crippen molar-refractivity contribution in [2.45, 2.75) is 95.0 Å². The van der Waals surface area contributed by atoms with Crippen molar-refractivity contribution < 1.29 is 38.6 Å². The highest BCUT2D eigenvalue weighted by atomic mass is 16.6. The number of hydrogen-bond acceptors (Lipinski definition) is 7. The van der Waals surface area contributed by atoms with Gasteiger partial charge < -0.3 is 30.1 Å². The number of carboxylic acid groups (broad SMARTS) is 1. The number of rotatable bonds is 4. The summed E-state index contributed by atoms with van der Waals surface area (Å²) in [7, 11) is 0. The van der Waals surface area contributed by atoms with Crippen LogP contribution in [0.5, 0.6) is 0 Å². The van der Waals surface area contributed by atoms with Gasteiger partial charge in [-0.15, -0.1) is 0 Å². The number of allylic oxidation sites excluding steroid dienone is 1. The molecular formula is C24H35N3O8. The number of hydrogen-bond donors (Lipinski definition) is 3. The number of aliphatic carboxylic acids is 1. The second-order valence-corrected chi connectivity index (χ2v) is 10.4. The van der Waals surface area contributed by atoms with Crippen LogP contribution in [0.2, 0.25) is 0 Å². The van der Waals surface area contributed by atoms with Crippen LogP contribution in [0.15, 0.2) is 12.2 Å². The van der Waals surface area contributed by atoms with Crippen LogP contribution in [-0.4, -0.2) is 76.2 Å². The van der Waals surface area contributed by atoms with Crippen molar-refractivity contribution in [1.29, 1.82) is 0 Å². The zero-order valence-electron chi connectivity index (χ0n) is 20.5.